The molecule has 1 heterocycles. The van der Waals surface area contributed by atoms with Gasteiger partial charge in [0, 0.05) is 12.3 Å². The van der Waals surface area contributed by atoms with Gasteiger partial charge in [0.05, 0.1) is 22.6 Å². The lowest BCUT2D eigenvalue weighted by Gasteiger charge is -2.06. The van der Waals surface area contributed by atoms with Crippen LogP contribution in [0.25, 0.3) is 0 Å². The fourth-order valence-corrected chi connectivity index (χ4v) is 1.86. The van der Waals surface area contributed by atoms with Crippen molar-refractivity contribution in [2.24, 2.45) is 0 Å². The van der Waals surface area contributed by atoms with Crippen molar-refractivity contribution >= 4 is 35.0 Å². The molecular formula is C14H10ClN3O5. The predicted molar refractivity (Wildman–Crippen MR) is 81.6 cm³/mol. The molecule has 0 saturated carbocycles. The number of amides is 1. The number of methoxy groups -OCH3 is 1. The fourth-order valence-electron chi connectivity index (χ4n) is 1.75. The van der Waals surface area contributed by atoms with E-state index in [0.717, 1.165) is 13.2 Å². The summed E-state index contributed by atoms with van der Waals surface area (Å²) in [6.45, 7) is 0. The van der Waals surface area contributed by atoms with E-state index in [4.69, 9.17) is 11.6 Å². The summed E-state index contributed by atoms with van der Waals surface area (Å²) in [5, 5.41) is 13.9. The van der Waals surface area contributed by atoms with Gasteiger partial charge in [-0.1, -0.05) is 11.6 Å². The largest absolute Gasteiger partial charge is 0.465 e. The van der Waals surface area contributed by atoms with E-state index in [0.29, 0.717) is 5.02 Å². The number of anilines is 1. The molecule has 1 amide bonds. The average molecular weight is 336 g/mol. The van der Waals surface area contributed by atoms with Crippen LogP contribution in [0.2, 0.25) is 5.02 Å². The van der Waals surface area contributed by atoms with Gasteiger partial charge in [-0.05, 0) is 24.3 Å². The van der Waals surface area contributed by atoms with Crippen LogP contribution in [-0.4, -0.2) is 28.9 Å². The van der Waals surface area contributed by atoms with E-state index in [9.17, 15) is 19.7 Å². The van der Waals surface area contributed by atoms with Crippen LogP contribution >= 0.6 is 11.6 Å². The molecule has 0 aliphatic heterocycles. The molecule has 0 aliphatic carbocycles. The minimum atomic E-state index is -0.753. The number of nitrogens with zero attached hydrogens (tertiary/aromatic N) is 2. The van der Waals surface area contributed by atoms with Crippen LogP contribution in [0.5, 0.6) is 0 Å². The van der Waals surface area contributed by atoms with E-state index in [2.05, 4.69) is 15.0 Å². The van der Waals surface area contributed by atoms with E-state index < -0.39 is 22.5 Å². The number of aromatic nitrogens is 1. The summed E-state index contributed by atoms with van der Waals surface area (Å²) in [7, 11) is 1.15. The highest BCUT2D eigenvalue weighted by Crippen LogP contribution is 2.22. The number of rotatable bonds is 4. The smallest absolute Gasteiger partial charge is 0.338 e. The Bertz CT molecular complexity index is 776. The van der Waals surface area contributed by atoms with Crippen molar-refractivity contribution in [3.63, 3.8) is 0 Å². The van der Waals surface area contributed by atoms with Gasteiger partial charge in [-0.3, -0.25) is 14.9 Å². The molecule has 2 rings (SSSR count). The number of hydrogen-bond donors (Lipinski definition) is 1. The summed E-state index contributed by atoms with van der Waals surface area (Å²) < 4.78 is 4.49. The Morgan fingerprint density at radius 3 is 2.61 bits per heavy atom. The highest BCUT2D eigenvalue weighted by atomic mass is 35.5. The van der Waals surface area contributed by atoms with Crippen molar-refractivity contribution in [2.75, 3.05) is 12.4 Å². The van der Waals surface area contributed by atoms with Crippen molar-refractivity contribution in [3.8, 4) is 0 Å². The molecule has 1 aromatic carbocycles. The average Bonchev–Trinajstić information content (AvgIpc) is 2.55. The Labute approximate surface area is 135 Å². The van der Waals surface area contributed by atoms with Crippen LogP contribution < -0.4 is 5.32 Å². The number of hydrogen-bond acceptors (Lipinski definition) is 6. The molecule has 118 valence electrons. The molecule has 0 unspecified atom stereocenters. The van der Waals surface area contributed by atoms with Gasteiger partial charge in [-0.25, -0.2) is 9.78 Å². The third-order valence-electron chi connectivity index (χ3n) is 2.83. The highest BCUT2D eigenvalue weighted by Gasteiger charge is 2.23. The van der Waals surface area contributed by atoms with Gasteiger partial charge in [-0.15, -0.1) is 0 Å². The van der Waals surface area contributed by atoms with Gasteiger partial charge < -0.3 is 10.1 Å². The van der Waals surface area contributed by atoms with Crippen LogP contribution in [0.3, 0.4) is 0 Å². The van der Waals surface area contributed by atoms with Crippen molar-refractivity contribution in [3.05, 3.63) is 62.8 Å². The van der Waals surface area contributed by atoms with Gasteiger partial charge in [0.15, 0.2) is 0 Å². The predicted octanol–water partition coefficient (Wildman–Crippen LogP) is 2.68. The number of nitrogens with one attached hydrogen (secondary N) is 1. The first-order chi connectivity index (χ1) is 10.9. The van der Waals surface area contributed by atoms with Gasteiger partial charge in [0.1, 0.15) is 11.4 Å². The summed E-state index contributed by atoms with van der Waals surface area (Å²) >= 11 is 5.68. The maximum atomic E-state index is 12.2. The quantitative estimate of drug-likeness (QED) is 0.522. The number of pyridine rings is 1. The summed E-state index contributed by atoms with van der Waals surface area (Å²) in [6, 6.07) is 6.39. The van der Waals surface area contributed by atoms with E-state index in [-0.39, 0.29) is 16.9 Å². The van der Waals surface area contributed by atoms with Crippen LogP contribution in [0.15, 0.2) is 36.5 Å². The van der Waals surface area contributed by atoms with E-state index in [1.165, 1.54) is 30.5 Å². The Hall–Kier alpha value is -3.00. The lowest BCUT2D eigenvalue weighted by atomic mass is 10.1. The van der Waals surface area contributed by atoms with Crippen molar-refractivity contribution in [2.45, 2.75) is 0 Å². The van der Waals surface area contributed by atoms with Gasteiger partial charge in [0.25, 0.3) is 11.6 Å². The highest BCUT2D eigenvalue weighted by molar-refractivity contribution is 6.30. The molecule has 1 N–H and O–H groups in total. The lowest BCUT2D eigenvalue weighted by Crippen LogP contribution is -2.15. The zero-order chi connectivity index (χ0) is 17.0. The molecule has 0 spiro atoms. The number of nitro groups is 1. The van der Waals surface area contributed by atoms with Crippen LogP contribution in [0.4, 0.5) is 11.5 Å². The first-order valence-corrected chi connectivity index (χ1v) is 6.60. The number of carbonyl (C=O) groups is 2. The maximum absolute atomic E-state index is 12.2. The second kappa shape index (κ2) is 6.84. The van der Waals surface area contributed by atoms with Gasteiger partial charge >= 0.3 is 5.97 Å². The Morgan fingerprint density at radius 2 is 2.04 bits per heavy atom. The third-order valence-corrected chi connectivity index (χ3v) is 3.05. The number of ether oxygens (including phenoxy) is 1. The summed E-state index contributed by atoms with van der Waals surface area (Å²) in [5.74, 6) is -1.28. The van der Waals surface area contributed by atoms with Gasteiger partial charge in [-0.2, -0.15) is 0 Å². The molecule has 8 nitrogen and oxygen atoms in total. The second-order valence-corrected chi connectivity index (χ2v) is 4.73. The summed E-state index contributed by atoms with van der Waals surface area (Å²) in [4.78, 5) is 37.8. The first-order valence-electron chi connectivity index (χ1n) is 6.22. The van der Waals surface area contributed by atoms with Crippen LogP contribution in [-0.2, 0) is 4.74 Å². The van der Waals surface area contributed by atoms with E-state index >= 15 is 0 Å². The fraction of sp³-hybridized carbons (Fsp3) is 0.0714. The number of carbonyl (C=O) groups excluding carboxylic acids is 2. The van der Waals surface area contributed by atoms with Crippen molar-refractivity contribution < 1.29 is 19.2 Å². The molecule has 23 heavy (non-hydrogen) atoms. The van der Waals surface area contributed by atoms with Crippen LogP contribution in [0, 0.1) is 10.1 Å². The molecular weight excluding hydrogens is 326 g/mol. The number of esters is 1. The molecule has 1 aromatic heterocycles. The first kappa shape index (κ1) is 16.4. The Balaban J connectivity index is 2.33. The molecule has 9 heteroatoms. The SMILES string of the molecule is COC(=O)c1ccc(C(=O)Nc2ccc(Cl)cn2)c([N+](=O)[O-])c1. The summed E-state index contributed by atoms with van der Waals surface area (Å²) in [5.41, 5.74) is -0.751. The summed E-state index contributed by atoms with van der Waals surface area (Å²) in [6.07, 6.45) is 1.33. The standard InChI is InChI=1S/C14H10ClN3O5/c1-23-14(20)8-2-4-10(11(6-8)18(21)22)13(19)17-12-5-3-9(15)7-16-12/h2-7H,1H3,(H,16,17,19). The minimum absolute atomic E-state index is 0.0274. The molecule has 0 radical (unpaired) electrons. The normalized spacial score (nSPS) is 10.0. The van der Waals surface area contributed by atoms with E-state index in [1.54, 1.807) is 0 Å². The molecule has 0 saturated heterocycles. The number of halogens is 1. The minimum Gasteiger partial charge on any atom is -0.465 e. The number of benzene rings is 1. The third kappa shape index (κ3) is 3.80. The number of nitro benzene ring substituents is 1. The van der Waals surface area contributed by atoms with Crippen molar-refractivity contribution in [1.82, 2.24) is 4.98 Å². The second-order valence-electron chi connectivity index (χ2n) is 4.30. The van der Waals surface area contributed by atoms with E-state index in [1.807, 2.05) is 0 Å². The maximum Gasteiger partial charge on any atom is 0.338 e. The molecule has 0 atom stereocenters. The van der Waals surface area contributed by atoms with Crippen molar-refractivity contribution in [1.29, 1.82) is 0 Å². The van der Waals surface area contributed by atoms with Gasteiger partial charge in [0.2, 0.25) is 0 Å². The zero-order valence-electron chi connectivity index (χ0n) is 11.8. The molecule has 0 fully saturated rings. The lowest BCUT2D eigenvalue weighted by molar-refractivity contribution is -0.385. The molecule has 2 aromatic rings. The zero-order valence-corrected chi connectivity index (χ0v) is 12.5. The molecule has 0 aliphatic rings. The Kier molecular flexibility index (Phi) is 4.87. The monoisotopic (exact) mass is 335 g/mol. The van der Waals surface area contributed by atoms with Crippen LogP contribution in [0.1, 0.15) is 20.7 Å². The molecule has 0 bridgehead atoms. The Morgan fingerprint density at radius 1 is 1.30 bits per heavy atom. The topological polar surface area (TPSA) is 111 Å².